The van der Waals surface area contributed by atoms with Crippen molar-refractivity contribution in [2.75, 3.05) is 12.4 Å². The fourth-order valence-corrected chi connectivity index (χ4v) is 2.15. The van der Waals surface area contributed by atoms with Crippen molar-refractivity contribution in [3.05, 3.63) is 57.3 Å². The summed E-state index contributed by atoms with van der Waals surface area (Å²) in [5.41, 5.74) is 1.41. The normalized spacial score (nSPS) is 10.3. The minimum absolute atomic E-state index is 0.247. The van der Waals surface area contributed by atoms with E-state index in [2.05, 4.69) is 21.2 Å². The summed E-state index contributed by atoms with van der Waals surface area (Å²) < 4.78 is 19.7. The summed E-state index contributed by atoms with van der Waals surface area (Å²) in [4.78, 5) is 0. The zero-order valence-electron chi connectivity index (χ0n) is 10.2. The molecule has 5 heteroatoms. The third-order valence-electron chi connectivity index (χ3n) is 2.67. The fraction of sp³-hybridized carbons (Fsp3) is 0.143. The molecule has 0 saturated heterocycles. The number of anilines is 1. The predicted molar refractivity (Wildman–Crippen MR) is 79.4 cm³/mol. The lowest BCUT2D eigenvalue weighted by atomic mass is 10.2. The molecule has 2 aromatic carbocycles. The van der Waals surface area contributed by atoms with E-state index < -0.39 is 0 Å². The van der Waals surface area contributed by atoms with Crippen LogP contribution in [0.1, 0.15) is 5.56 Å². The van der Waals surface area contributed by atoms with Gasteiger partial charge in [-0.3, -0.25) is 0 Å². The quantitative estimate of drug-likeness (QED) is 0.855. The van der Waals surface area contributed by atoms with Crippen molar-refractivity contribution in [1.29, 1.82) is 0 Å². The molecule has 0 spiro atoms. The highest BCUT2D eigenvalue weighted by atomic mass is 79.9. The number of rotatable bonds is 4. The van der Waals surface area contributed by atoms with Gasteiger partial charge in [0.25, 0.3) is 0 Å². The van der Waals surface area contributed by atoms with Crippen LogP contribution in [0.2, 0.25) is 5.02 Å². The average molecular weight is 345 g/mol. The number of benzene rings is 2. The van der Waals surface area contributed by atoms with Crippen LogP contribution in [0.5, 0.6) is 5.75 Å². The predicted octanol–water partition coefficient (Wildman–Crippen LogP) is 4.86. The number of hydrogen-bond donors (Lipinski definition) is 1. The van der Waals surface area contributed by atoms with Crippen LogP contribution in [0.3, 0.4) is 0 Å². The first-order chi connectivity index (χ1) is 9.11. The lowest BCUT2D eigenvalue weighted by Crippen LogP contribution is -2.03. The molecule has 0 aliphatic carbocycles. The molecule has 0 amide bonds. The van der Waals surface area contributed by atoms with Crippen molar-refractivity contribution in [3.8, 4) is 5.75 Å². The summed E-state index contributed by atoms with van der Waals surface area (Å²) in [6.07, 6.45) is 0. The maximum Gasteiger partial charge on any atom is 0.170 e. The van der Waals surface area contributed by atoms with Gasteiger partial charge in [0.05, 0.1) is 12.1 Å². The van der Waals surface area contributed by atoms with Crippen LogP contribution in [0.15, 0.2) is 40.9 Å². The fourth-order valence-electron chi connectivity index (χ4n) is 1.65. The maximum absolute atomic E-state index is 13.9. The Morgan fingerprint density at radius 1 is 1.32 bits per heavy atom. The summed E-state index contributed by atoms with van der Waals surface area (Å²) in [5.74, 6) is -0.0953. The van der Waals surface area contributed by atoms with Gasteiger partial charge in [-0.15, -0.1) is 0 Å². The molecule has 0 fully saturated rings. The Balaban J connectivity index is 2.12. The minimum Gasteiger partial charge on any atom is -0.494 e. The molecule has 100 valence electrons. The largest absolute Gasteiger partial charge is 0.494 e. The smallest absolute Gasteiger partial charge is 0.170 e. The molecule has 0 heterocycles. The topological polar surface area (TPSA) is 21.3 Å². The Bertz CT molecular complexity index is 592. The lowest BCUT2D eigenvalue weighted by molar-refractivity contribution is 0.384. The van der Waals surface area contributed by atoms with Crippen LogP contribution in [0, 0.1) is 5.82 Å². The highest BCUT2D eigenvalue weighted by Crippen LogP contribution is 2.26. The van der Waals surface area contributed by atoms with Crippen LogP contribution in [0.4, 0.5) is 10.1 Å². The van der Waals surface area contributed by atoms with Gasteiger partial charge in [0.2, 0.25) is 0 Å². The third kappa shape index (κ3) is 3.39. The van der Waals surface area contributed by atoms with Crippen LogP contribution in [-0.2, 0) is 6.54 Å². The third-order valence-corrected chi connectivity index (χ3v) is 3.88. The Morgan fingerprint density at radius 2 is 2.11 bits per heavy atom. The Labute approximate surface area is 124 Å². The molecule has 19 heavy (non-hydrogen) atoms. The molecule has 0 radical (unpaired) electrons. The first-order valence-electron chi connectivity index (χ1n) is 5.62. The van der Waals surface area contributed by atoms with Crippen LogP contribution >= 0.6 is 27.5 Å². The van der Waals surface area contributed by atoms with E-state index in [1.54, 1.807) is 24.3 Å². The molecular weight excluding hydrogens is 333 g/mol. The Kier molecular flexibility index (Phi) is 4.66. The highest BCUT2D eigenvalue weighted by Gasteiger charge is 2.08. The Hall–Kier alpha value is -1.26. The van der Waals surface area contributed by atoms with Crippen LogP contribution < -0.4 is 10.1 Å². The molecule has 0 saturated carbocycles. The highest BCUT2D eigenvalue weighted by molar-refractivity contribution is 9.10. The van der Waals surface area contributed by atoms with Gasteiger partial charge < -0.3 is 10.1 Å². The van der Waals surface area contributed by atoms with Crippen LogP contribution in [0.25, 0.3) is 0 Å². The van der Waals surface area contributed by atoms with Crippen molar-refractivity contribution >= 4 is 33.2 Å². The first kappa shape index (κ1) is 14.2. The standard InChI is InChI=1S/C14H12BrClFNO/c1-19-13-4-2-3-9(14(13)17)8-18-10-5-6-12(16)11(15)7-10/h2-7,18H,8H2,1H3. The molecule has 2 aromatic rings. The SMILES string of the molecule is COc1cccc(CNc2ccc(Cl)c(Br)c2)c1F. The van der Waals surface area contributed by atoms with Gasteiger partial charge in [-0.25, -0.2) is 4.39 Å². The molecule has 1 N–H and O–H groups in total. The van der Waals surface area contributed by atoms with E-state index in [4.69, 9.17) is 16.3 Å². The second kappa shape index (κ2) is 6.26. The summed E-state index contributed by atoms with van der Waals surface area (Å²) in [6.45, 7) is 0.372. The van der Waals surface area contributed by atoms with Gasteiger partial charge in [-0.2, -0.15) is 0 Å². The second-order valence-electron chi connectivity index (χ2n) is 3.92. The lowest BCUT2D eigenvalue weighted by Gasteiger charge is -2.10. The molecule has 0 aromatic heterocycles. The maximum atomic E-state index is 13.9. The number of halogens is 3. The van der Waals surface area contributed by atoms with E-state index in [9.17, 15) is 4.39 Å². The minimum atomic E-state index is -0.342. The zero-order valence-corrected chi connectivity index (χ0v) is 12.6. The van der Waals surface area contributed by atoms with Crippen molar-refractivity contribution in [2.45, 2.75) is 6.54 Å². The van der Waals surface area contributed by atoms with Gasteiger partial charge >= 0.3 is 0 Å². The number of methoxy groups -OCH3 is 1. The zero-order chi connectivity index (χ0) is 13.8. The summed E-state index contributed by atoms with van der Waals surface area (Å²) in [5, 5.41) is 3.77. The van der Waals surface area contributed by atoms with E-state index in [1.807, 2.05) is 12.1 Å². The van der Waals surface area contributed by atoms with Crippen molar-refractivity contribution in [2.24, 2.45) is 0 Å². The molecule has 2 nitrogen and oxygen atoms in total. The molecule has 0 bridgehead atoms. The molecular formula is C14H12BrClFNO. The summed E-state index contributed by atoms with van der Waals surface area (Å²) in [7, 11) is 1.45. The number of hydrogen-bond acceptors (Lipinski definition) is 2. The molecule has 0 aliphatic rings. The molecule has 2 rings (SSSR count). The van der Waals surface area contributed by atoms with E-state index in [0.29, 0.717) is 17.1 Å². The Morgan fingerprint density at radius 3 is 2.79 bits per heavy atom. The monoisotopic (exact) mass is 343 g/mol. The molecule has 0 atom stereocenters. The van der Waals surface area contributed by atoms with Crippen molar-refractivity contribution in [1.82, 2.24) is 0 Å². The van der Waals surface area contributed by atoms with E-state index in [1.165, 1.54) is 7.11 Å². The van der Waals surface area contributed by atoms with Crippen molar-refractivity contribution in [3.63, 3.8) is 0 Å². The summed E-state index contributed by atoms with van der Waals surface area (Å²) >= 11 is 9.25. The van der Waals surface area contributed by atoms with E-state index in [-0.39, 0.29) is 11.6 Å². The van der Waals surface area contributed by atoms with E-state index in [0.717, 1.165) is 10.2 Å². The first-order valence-corrected chi connectivity index (χ1v) is 6.79. The van der Waals surface area contributed by atoms with Gasteiger partial charge in [0, 0.05) is 22.3 Å². The van der Waals surface area contributed by atoms with Crippen LogP contribution in [-0.4, -0.2) is 7.11 Å². The summed E-state index contributed by atoms with van der Waals surface area (Å²) in [6, 6.07) is 10.5. The van der Waals surface area contributed by atoms with Crippen molar-refractivity contribution < 1.29 is 9.13 Å². The van der Waals surface area contributed by atoms with Gasteiger partial charge in [0.15, 0.2) is 11.6 Å². The second-order valence-corrected chi connectivity index (χ2v) is 5.18. The number of ether oxygens (including phenoxy) is 1. The number of nitrogens with one attached hydrogen (secondary N) is 1. The van der Waals surface area contributed by atoms with Gasteiger partial charge in [-0.1, -0.05) is 23.7 Å². The molecule has 0 aliphatic heterocycles. The average Bonchev–Trinajstić information content (AvgIpc) is 2.41. The molecule has 0 unspecified atom stereocenters. The van der Waals surface area contributed by atoms with Gasteiger partial charge in [-0.05, 0) is 40.2 Å². The van der Waals surface area contributed by atoms with E-state index >= 15 is 0 Å². The van der Waals surface area contributed by atoms with Gasteiger partial charge in [0.1, 0.15) is 0 Å².